The number of phenols is 4. The van der Waals surface area contributed by atoms with Crippen LogP contribution in [0.4, 0.5) is 22.7 Å². The molecule has 0 aromatic heterocycles. The third-order valence-electron chi connectivity index (χ3n) is 7.31. The Kier molecular flexibility index (Phi) is 9.31. The number of nitrogens with zero attached hydrogens (tertiary/aromatic N) is 4. The largest absolute Gasteiger partial charge is 0.506 e. The lowest BCUT2D eigenvalue weighted by molar-refractivity contribution is -0.386. The molecule has 0 bridgehead atoms. The first-order chi connectivity index (χ1) is 21.1. The Labute approximate surface area is 266 Å². The van der Waals surface area contributed by atoms with Crippen molar-refractivity contribution in [1.82, 2.24) is 0 Å². The van der Waals surface area contributed by atoms with Gasteiger partial charge in [-0.3, -0.25) is 30.2 Å². The second kappa shape index (κ2) is 12.8. The topological polar surface area (TPSA) is 192 Å². The van der Waals surface area contributed by atoms with Crippen molar-refractivity contribution in [3.63, 3.8) is 0 Å². The summed E-state index contributed by atoms with van der Waals surface area (Å²) in [5, 5.41) is 65.2. The third-order valence-corrected chi connectivity index (χ3v) is 8.45. The van der Waals surface area contributed by atoms with Crippen LogP contribution in [-0.4, -0.2) is 42.7 Å². The van der Waals surface area contributed by atoms with Crippen LogP contribution in [0.25, 0.3) is 0 Å². The minimum absolute atomic E-state index is 0.0320. The van der Waals surface area contributed by atoms with E-state index in [2.05, 4.69) is 9.98 Å². The summed E-state index contributed by atoms with van der Waals surface area (Å²) in [6.45, 7) is 6.02. The monoisotopic (exact) mass is 652 g/mol. The Morgan fingerprint density at radius 3 is 1.36 bits per heavy atom. The standard InChI is InChI=1S/C31H26Cl2N4O8/c1-14-20(30(40)28(36(42)43)16(3)26(14)32)12-34-22-10-18(5-7-24(22)38)9-19-6-8-25(39)23(11-19)35-13-21-15(2)27(33)17(4)29(31(21)41)37(44)45/h5-8,10-13,38-41H,9H2,1-4H3. The number of halogens is 2. The van der Waals surface area contributed by atoms with Gasteiger partial charge in [-0.1, -0.05) is 35.3 Å². The van der Waals surface area contributed by atoms with E-state index in [1.807, 2.05) is 0 Å². The van der Waals surface area contributed by atoms with Crippen LogP contribution in [0.1, 0.15) is 44.5 Å². The van der Waals surface area contributed by atoms with Crippen LogP contribution in [0.2, 0.25) is 10.0 Å². The Hall–Kier alpha value is -5.20. The number of aliphatic imine (C=N–C) groups is 2. The number of nitro groups is 2. The van der Waals surface area contributed by atoms with Gasteiger partial charge in [-0.2, -0.15) is 0 Å². The molecular weight excluding hydrogens is 627 g/mol. The van der Waals surface area contributed by atoms with Gasteiger partial charge in [0.2, 0.25) is 11.5 Å². The number of phenolic OH excluding ortho intramolecular Hbond substituents is 4. The molecule has 4 rings (SSSR count). The lowest BCUT2D eigenvalue weighted by Gasteiger charge is -2.11. The molecule has 0 aliphatic carbocycles. The lowest BCUT2D eigenvalue weighted by Crippen LogP contribution is -2.00. The van der Waals surface area contributed by atoms with Gasteiger partial charge in [0.25, 0.3) is 0 Å². The highest BCUT2D eigenvalue weighted by molar-refractivity contribution is 6.33. The summed E-state index contributed by atoms with van der Waals surface area (Å²) in [7, 11) is 0. The molecular formula is C31H26Cl2N4O8. The van der Waals surface area contributed by atoms with Crippen LogP contribution in [0.5, 0.6) is 23.0 Å². The molecule has 4 aromatic carbocycles. The SMILES string of the molecule is Cc1c(Cl)c(C)c([N+](=O)[O-])c(O)c1C=Nc1cc(Cc2ccc(O)c(N=Cc3c(C)c(Cl)c(C)c([N+](=O)[O-])c3O)c2)ccc1O. The maximum Gasteiger partial charge on any atom is 0.315 e. The van der Waals surface area contributed by atoms with Crippen LogP contribution < -0.4 is 0 Å². The van der Waals surface area contributed by atoms with E-state index in [4.69, 9.17) is 23.2 Å². The number of hydrogen-bond acceptors (Lipinski definition) is 10. The van der Waals surface area contributed by atoms with Gasteiger partial charge in [0, 0.05) is 34.7 Å². The predicted molar refractivity (Wildman–Crippen MR) is 172 cm³/mol. The molecule has 0 amide bonds. The van der Waals surface area contributed by atoms with Crippen molar-refractivity contribution in [3.05, 3.63) is 111 Å². The zero-order valence-corrected chi connectivity index (χ0v) is 25.8. The van der Waals surface area contributed by atoms with Crippen LogP contribution in [0.15, 0.2) is 46.4 Å². The van der Waals surface area contributed by atoms with Crippen molar-refractivity contribution in [3.8, 4) is 23.0 Å². The van der Waals surface area contributed by atoms with Crippen molar-refractivity contribution in [1.29, 1.82) is 0 Å². The first-order valence-electron chi connectivity index (χ1n) is 13.2. The molecule has 0 spiro atoms. The van der Waals surface area contributed by atoms with Crippen LogP contribution in [0.3, 0.4) is 0 Å². The molecule has 0 heterocycles. The predicted octanol–water partition coefficient (Wildman–Crippen LogP) is 7.96. The summed E-state index contributed by atoms with van der Waals surface area (Å²) in [6, 6.07) is 9.28. The summed E-state index contributed by atoms with van der Waals surface area (Å²) in [4.78, 5) is 30.0. The Bertz CT molecular complexity index is 1820. The van der Waals surface area contributed by atoms with Gasteiger partial charge in [-0.05, 0) is 80.6 Å². The van der Waals surface area contributed by atoms with Crippen LogP contribution in [-0.2, 0) is 6.42 Å². The van der Waals surface area contributed by atoms with Gasteiger partial charge in [0.15, 0.2) is 0 Å². The number of rotatable bonds is 8. The molecule has 0 unspecified atom stereocenters. The number of nitro benzene ring substituents is 2. The van der Waals surface area contributed by atoms with Crippen LogP contribution >= 0.6 is 23.2 Å². The minimum atomic E-state index is -0.731. The van der Waals surface area contributed by atoms with Crippen molar-refractivity contribution in [2.24, 2.45) is 9.98 Å². The highest BCUT2D eigenvalue weighted by Crippen LogP contribution is 2.42. The summed E-state index contributed by atoms with van der Waals surface area (Å²) in [6.07, 6.45) is 2.67. The zero-order chi connectivity index (χ0) is 33.3. The maximum atomic E-state index is 11.5. The molecule has 0 fully saturated rings. The smallest absolute Gasteiger partial charge is 0.315 e. The van der Waals surface area contributed by atoms with Gasteiger partial charge in [-0.15, -0.1) is 0 Å². The summed E-state index contributed by atoms with van der Waals surface area (Å²) in [5.41, 5.74) is 1.58. The maximum absolute atomic E-state index is 11.5. The molecule has 232 valence electrons. The fourth-order valence-electron chi connectivity index (χ4n) is 4.80. The number of hydrogen-bond donors (Lipinski definition) is 4. The quantitative estimate of drug-likeness (QED) is 0.0836. The molecule has 0 saturated carbocycles. The van der Waals surface area contributed by atoms with Gasteiger partial charge in [0.1, 0.15) is 22.9 Å². The van der Waals surface area contributed by atoms with E-state index in [1.54, 1.807) is 38.1 Å². The van der Waals surface area contributed by atoms with Gasteiger partial charge in [-0.25, -0.2) is 0 Å². The van der Waals surface area contributed by atoms with Crippen molar-refractivity contribution in [2.75, 3.05) is 0 Å². The minimum Gasteiger partial charge on any atom is -0.506 e. The van der Waals surface area contributed by atoms with Crippen molar-refractivity contribution < 1.29 is 30.3 Å². The van der Waals surface area contributed by atoms with Crippen molar-refractivity contribution >= 4 is 58.4 Å². The molecule has 0 aliphatic heterocycles. The average Bonchev–Trinajstić information content (AvgIpc) is 2.97. The fourth-order valence-corrected chi connectivity index (χ4v) is 5.19. The van der Waals surface area contributed by atoms with E-state index in [0.29, 0.717) is 28.7 Å². The van der Waals surface area contributed by atoms with Gasteiger partial charge in [0.05, 0.1) is 19.9 Å². The first-order valence-corrected chi connectivity index (χ1v) is 13.9. The molecule has 12 nitrogen and oxygen atoms in total. The van der Waals surface area contributed by atoms with E-state index in [1.165, 1.54) is 38.4 Å². The first kappa shape index (κ1) is 32.7. The second-order valence-electron chi connectivity index (χ2n) is 10.2. The van der Waals surface area contributed by atoms with Gasteiger partial charge >= 0.3 is 11.4 Å². The average molecular weight is 653 g/mol. The molecule has 0 atom stereocenters. The third kappa shape index (κ3) is 6.37. The van der Waals surface area contributed by atoms with E-state index in [9.17, 15) is 40.7 Å². The van der Waals surface area contributed by atoms with E-state index >= 15 is 0 Å². The molecule has 45 heavy (non-hydrogen) atoms. The number of benzene rings is 4. The Morgan fingerprint density at radius 1 is 0.667 bits per heavy atom. The Balaban J connectivity index is 1.66. The van der Waals surface area contributed by atoms with E-state index < -0.39 is 32.7 Å². The van der Waals surface area contributed by atoms with Crippen LogP contribution in [0, 0.1) is 47.9 Å². The second-order valence-corrected chi connectivity index (χ2v) is 11.0. The fraction of sp³-hybridized carbons (Fsp3) is 0.161. The molecule has 0 saturated heterocycles. The molecule has 14 heteroatoms. The highest BCUT2D eigenvalue weighted by Gasteiger charge is 2.27. The highest BCUT2D eigenvalue weighted by atomic mass is 35.5. The normalized spacial score (nSPS) is 11.5. The zero-order valence-electron chi connectivity index (χ0n) is 24.3. The van der Waals surface area contributed by atoms with Crippen molar-refractivity contribution in [2.45, 2.75) is 34.1 Å². The molecule has 4 N–H and O–H groups in total. The molecule has 0 aliphatic rings. The molecule has 4 aromatic rings. The summed E-state index contributed by atoms with van der Waals surface area (Å²) >= 11 is 12.5. The lowest BCUT2D eigenvalue weighted by atomic mass is 10.0. The van der Waals surface area contributed by atoms with E-state index in [-0.39, 0.29) is 55.2 Å². The van der Waals surface area contributed by atoms with Gasteiger partial charge < -0.3 is 20.4 Å². The number of aromatic hydroxyl groups is 4. The summed E-state index contributed by atoms with van der Waals surface area (Å²) in [5.74, 6) is -1.56. The molecule has 0 radical (unpaired) electrons. The van der Waals surface area contributed by atoms with E-state index in [0.717, 1.165) is 0 Å². The summed E-state index contributed by atoms with van der Waals surface area (Å²) < 4.78 is 0. The Morgan fingerprint density at radius 2 is 1.02 bits per heavy atom.